The van der Waals surface area contributed by atoms with E-state index >= 15 is 0 Å². The van der Waals surface area contributed by atoms with Gasteiger partial charge in [0.15, 0.2) is 0 Å². The van der Waals surface area contributed by atoms with Gasteiger partial charge in [0.2, 0.25) is 5.11 Å². The fourth-order valence-electron chi connectivity index (χ4n) is 2.67. The third-order valence-electron chi connectivity index (χ3n) is 4.04. The molecule has 0 aliphatic rings. The smallest absolute Gasteiger partial charge is 0.205 e. The van der Waals surface area contributed by atoms with Crippen LogP contribution < -0.4 is 4.90 Å². The molecule has 0 aliphatic heterocycles. The van der Waals surface area contributed by atoms with E-state index in [0.29, 0.717) is 15.7 Å². The molecule has 3 nitrogen and oxygen atoms in total. The summed E-state index contributed by atoms with van der Waals surface area (Å²) < 4.78 is 14.9. The highest BCUT2D eigenvalue weighted by Gasteiger charge is 2.20. The molecule has 6 heteroatoms. The number of hydrogen-bond donors (Lipinski definition) is 1. The summed E-state index contributed by atoms with van der Waals surface area (Å²) in [5.41, 5.74) is 2.08. The maximum atomic E-state index is 14.9. The number of phenolic OH excluding ortho intramolecular Hbond substituents is 1. The molecule has 0 radical (unpaired) electrons. The molecular formula is C21H18ClFN2OS. The van der Waals surface area contributed by atoms with Gasteiger partial charge in [-0.05, 0) is 48.1 Å². The Morgan fingerprint density at radius 3 is 2.22 bits per heavy atom. The number of para-hydroxylation sites is 1. The summed E-state index contributed by atoms with van der Waals surface area (Å²) in [6.45, 7) is 0.217. The quantitative estimate of drug-likeness (QED) is 0.437. The van der Waals surface area contributed by atoms with Crippen LogP contribution in [0.25, 0.3) is 0 Å². The number of hydrogen-bond acceptors (Lipinski definition) is 2. The molecule has 3 rings (SSSR count). The molecule has 27 heavy (non-hydrogen) atoms. The Kier molecular flexibility index (Phi) is 6.27. The number of phenols is 1. The summed E-state index contributed by atoms with van der Waals surface area (Å²) in [4.78, 5) is 1.63. The standard InChI is InChI=1S/C21H18ClFN2OS/c22-18-11-12-20(26)17(13-18)15-24(19-9-5-2-6-10-19)21(27)25(23)14-16-7-3-1-4-8-16/h1-13,26H,14-15H2. The Labute approximate surface area is 168 Å². The van der Waals surface area contributed by atoms with Crippen LogP contribution in [0.4, 0.5) is 10.2 Å². The van der Waals surface area contributed by atoms with Gasteiger partial charge in [-0.25, -0.2) is 0 Å². The normalized spacial score (nSPS) is 10.4. The van der Waals surface area contributed by atoms with E-state index in [0.717, 1.165) is 11.3 Å². The largest absolute Gasteiger partial charge is 0.508 e. The second kappa shape index (κ2) is 8.84. The third-order valence-corrected chi connectivity index (χ3v) is 4.69. The van der Waals surface area contributed by atoms with E-state index in [1.165, 1.54) is 6.07 Å². The van der Waals surface area contributed by atoms with Gasteiger partial charge in [-0.3, -0.25) is 0 Å². The van der Waals surface area contributed by atoms with Gasteiger partial charge >= 0.3 is 0 Å². The average molecular weight is 401 g/mol. The molecule has 0 unspecified atom stereocenters. The lowest BCUT2D eigenvalue weighted by atomic mass is 10.1. The van der Waals surface area contributed by atoms with E-state index in [1.807, 2.05) is 60.7 Å². The molecule has 0 heterocycles. The van der Waals surface area contributed by atoms with Gasteiger partial charge in [-0.1, -0.05) is 64.6 Å². The van der Waals surface area contributed by atoms with Crippen LogP contribution in [0.2, 0.25) is 5.02 Å². The number of benzene rings is 3. The molecule has 3 aromatic rings. The summed E-state index contributed by atoms with van der Waals surface area (Å²) >= 11 is 11.5. The topological polar surface area (TPSA) is 26.7 Å². The van der Waals surface area contributed by atoms with Crippen molar-refractivity contribution in [2.45, 2.75) is 13.1 Å². The van der Waals surface area contributed by atoms with Crippen LogP contribution in [-0.2, 0) is 13.1 Å². The van der Waals surface area contributed by atoms with Crippen molar-refractivity contribution in [2.24, 2.45) is 0 Å². The molecule has 0 saturated heterocycles. The fraction of sp³-hybridized carbons (Fsp3) is 0.0952. The zero-order chi connectivity index (χ0) is 19.2. The van der Waals surface area contributed by atoms with E-state index < -0.39 is 0 Å². The van der Waals surface area contributed by atoms with E-state index in [2.05, 4.69) is 0 Å². The maximum Gasteiger partial charge on any atom is 0.205 e. The molecule has 0 fully saturated rings. The van der Waals surface area contributed by atoms with E-state index in [-0.39, 0.29) is 24.0 Å². The number of thiocarbonyl (C=S) groups is 1. The van der Waals surface area contributed by atoms with Crippen molar-refractivity contribution >= 4 is 34.6 Å². The Morgan fingerprint density at radius 1 is 0.926 bits per heavy atom. The monoisotopic (exact) mass is 400 g/mol. The summed E-state index contributed by atoms with van der Waals surface area (Å²) in [7, 11) is 0. The van der Waals surface area contributed by atoms with Gasteiger partial charge in [0.25, 0.3) is 0 Å². The molecule has 138 valence electrons. The molecule has 3 aromatic carbocycles. The first-order chi connectivity index (χ1) is 13.0. The molecule has 0 aromatic heterocycles. The Balaban J connectivity index is 1.87. The van der Waals surface area contributed by atoms with Gasteiger partial charge in [0.1, 0.15) is 5.75 Å². The summed E-state index contributed by atoms with van der Waals surface area (Å²) in [6, 6.07) is 23.3. The molecule has 0 atom stereocenters. The lowest BCUT2D eigenvalue weighted by Crippen LogP contribution is -2.38. The van der Waals surface area contributed by atoms with Gasteiger partial charge < -0.3 is 10.0 Å². The molecule has 0 spiro atoms. The van der Waals surface area contributed by atoms with Gasteiger partial charge in [0.05, 0.1) is 13.1 Å². The van der Waals surface area contributed by atoms with Crippen LogP contribution in [0, 0.1) is 0 Å². The zero-order valence-electron chi connectivity index (χ0n) is 14.4. The maximum absolute atomic E-state index is 14.9. The second-order valence-corrected chi connectivity index (χ2v) is 6.78. The molecule has 0 saturated carbocycles. The van der Waals surface area contributed by atoms with E-state index in [4.69, 9.17) is 23.8 Å². The molecule has 1 N–H and O–H groups in total. The minimum Gasteiger partial charge on any atom is -0.508 e. The van der Waals surface area contributed by atoms with E-state index in [1.54, 1.807) is 17.0 Å². The predicted octanol–water partition coefficient (Wildman–Crippen LogP) is 5.72. The average Bonchev–Trinajstić information content (AvgIpc) is 2.69. The molecular weight excluding hydrogens is 383 g/mol. The summed E-state index contributed by atoms with van der Waals surface area (Å²) in [6.07, 6.45) is 0. The van der Waals surface area contributed by atoms with Crippen molar-refractivity contribution in [1.29, 1.82) is 0 Å². The van der Waals surface area contributed by atoms with Crippen molar-refractivity contribution in [3.05, 3.63) is 95.0 Å². The summed E-state index contributed by atoms with van der Waals surface area (Å²) in [5.74, 6) is 0.0802. The number of rotatable bonds is 5. The molecule has 0 bridgehead atoms. The van der Waals surface area contributed by atoms with Gasteiger partial charge in [-0.15, -0.1) is 0 Å². The van der Waals surface area contributed by atoms with Crippen LogP contribution in [-0.4, -0.2) is 15.3 Å². The van der Waals surface area contributed by atoms with Crippen LogP contribution in [0.5, 0.6) is 5.75 Å². The molecule has 0 amide bonds. The van der Waals surface area contributed by atoms with Crippen LogP contribution in [0.15, 0.2) is 78.9 Å². The minimum atomic E-state index is 0.00410. The highest BCUT2D eigenvalue weighted by atomic mass is 35.5. The predicted molar refractivity (Wildman–Crippen MR) is 111 cm³/mol. The zero-order valence-corrected chi connectivity index (χ0v) is 16.0. The van der Waals surface area contributed by atoms with Crippen molar-refractivity contribution < 1.29 is 9.59 Å². The van der Waals surface area contributed by atoms with Gasteiger partial charge in [-0.2, -0.15) is 5.12 Å². The first-order valence-corrected chi connectivity index (χ1v) is 9.14. The number of nitrogens with zero attached hydrogens (tertiary/aromatic N) is 2. The lowest BCUT2D eigenvalue weighted by Gasteiger charge is -2.29. The van der Waals surface area contributed by atoms with Crippen molar-refractivity contribution in [2.75, 3.05) is 4.90 Å². The second-order valence-electron chi connectivity index (χ2n) is 5.98. The lowest BCUT2D eigenvalue weighted by molar-refractivity contribution is 0.113. The Bertz CT molecular complexity index is 909. The highest BCUT2D eigenvalue weighted by Crippen LogP contribution is 2.27. The fourth-order valence-corrected chi connectivity index (χ4v) is 3.10. The highest BCUT2D eigenvalue weighted by molar-refractivity contribution is 7.80. The SMILES string of the molecule is Oc1ccc(Cl)cc1CN(C(=S)N(F)Cc1ccccc1)c1ccccc1. The first kappa shape index (κ1) is 19.1. The Morgan fingerprint density at radius 2 is 1.56 bits per heavy atom. The van der Waals surface area contributed by atoms with Crippen LogP contribution >= 0.6 is 23.8 Å². The van der Waals surface area contributed by atoms with Crippen molar-refractivity contribution in [3.63, 3.8) is 0 Å². The minimum absolute atomic E-state index is 0.00410. The summed E-state index contributed by atoms with van der Waals surface area (Å²) in [5, 5.41) is 11.2. The van der Waals surface area contributed by atoms with Crippen molar-refractivity contribution in [1.82, 2.24) is 5.12 Å². The third kappa shape index (κ3) is 4.96. The Hall–Kier alpha value is -2.63. The first-order valence-electron chi connectivity index (χ1n) is 8.36. The van der Waals surface area contributed by atoms with Crippen LogP contribution in [0.1, 0.15) is 11.1 Å². The molecule has 0 aliphatic carbocycles. The van der Waals surface area contributed by atoms with Crippen molar-refractivity contribution in [3.8, 4) is 5.75 Å². The number of aromatic hydroxyl groups is 1. The number of halogens is 2. The van der Waals surface area contributed by atoms with Gasteiger partial charge in [0, 0.05) is 16.3 Å². The van der Waals surface area contributed by atoms with Crippen LogP contribution in [0.3, 0.4) is 0 Å². The number of anilines is 1. The van der Waals surface area contributed by atoms with E-state index in [9.17, 15) is 9.59 Å².